The van der Waals surface area contributed by atoms with Gasteiger partial charge in [0.25, 0.3) is 0 Å². The minimum absolute atomic E-state index is 0.117. The minimum Gasteiger partial charge on any atom is -0.493 e. The number of rotatable bonds is 4. The number of nitrogens with zero attached hydrogens (tertiary/aromatic N) is 1. The van der Waals surface area contributed by atoms with Crippen LogP contribution in [0.15, 0.2) is 12.1 Å². The molecule has 0 aliphatic carbocycles. The van der Waals surface area contributed by atoms with Crippen molar-refractivity contribution in [3.05, 3.63) is 23.3 Å². The maximum Gasteiger partial charge on any atom is 0.214 e. The van der Waals surface area contributed by atoms with Crippen molar-refractivity contribution in [1.29, 1.82) is 0 Å². The standard InChI is InChI=1S/C15H23NO4S/c1-6-21(17,18)16-9-11-7-13(19-4)14(20-5)8-12(11)15(2,3)10-16/h7-8H,6,9-10H2,1-5H3. The number of fused-ring (bicyclic) bond motifs is 1. The molecule has 0 saturated carbocycles. The zero-order chi connectivity index (χ0) is 15.8. The van der Waals surface area contributed by atoms with Crippen LogP contribution in [0.3, 0.4) is 0 Å². The first-order valence-electron chi connectivity index (χ1n) is 6.98. The van der Waals surface area contributed by atoms with E-state index in [1.54, 1.807) is 25.4 Å². The van der Waals surface area contributed by atoms with Crippen molar-refractivity contribution >= 4 is 10.0 Å². The molecule has 0 saturated heterocycles. The lowest BCUT2D eigenvalue weighted by Gasteiger charge is -2.39. The average molecular weight is 313 g/mol. The highest BCUT2D eigenvalue weighted by Gasteiger charge is 2.37. The lowest BCUT2D eigenvalue weighted by molar-refractivity contribution is 0.295. The molecule has 0 amide bonds. The predicted octanol–water partition coefficient (Wildman–Crippen LogP) is 2.15. The summed E-state index contributed by atoms with van der Waals surface area (Å²) < 4.78 is 36.6. The molecule has 118 valence electrons. The van der Waals surface area contributed by atoms with Crippen molar-refractivity contribution in [3.8, 4) is 11.5 Å². The lowest BCUT2D eigenvalue weighted by Crippen LogP contribution is -2.45. The van der Waals surface area contributed by atoms with Gasteiger partial charge in [-0.05, 0) is 30.2 Å². The fourth-order valence-corrected chi connectivity index (χ4v) is 4.05. The molecule has 0 spiro atoms. The summed E-state index contributed by atoms with van der Waals surface area (Å²) in [7, 11) is -0.0218. The summed E-state index contributed by atoms with van der Waals surface area (Å²) in [4.78, 5) is 0. The highest BCUT2D eigenvalue weighted by molar-refractivity contribution is 7.89. The Bertz CT molecular complexity index is 637. The molecular weight excluding hydrogens is 290 g/mol. The molecule has 0 N–H and O–H groups in total. The van der Waals surface area contributed by atoms with Gasteiger partial charge in [0.1, 0.15) is 0 Å². The van der Waals surface area contributed by atoms with Crippen LogP contribution >= 0.6 is 0 Å². The Morgan fingerprint density at radius 1 is 1.19 bits per heavy atom. The second-order valence-corrected chi connectivity index (χ2v) is 8.17. The third-order valence-electron chi connectivity index (χ3n) is 4.02. The summed E-state index contributed by atoms with van der Waals surface area (Å²) in [6, 6.07) is 3.84. The van der Waals surface area contributed by atoms with Gasteiger partial charge in [-0.25, -0.2) is 8.42 Å². The Hall–Kier alpha value is -1.27. The summed E-state index contributed by atoms with van der Waals surface area (Å²) in [5.41, 5.74) is 1.82. The molecule has 0 bridgehead atoms. The Balaban J connectivity index is 2.55. The smallest absolute Gasteiger partial charge is 0.214 e. The van der Waals surface area contributed by atoms with Crippen LogP contribution in [0, 0.1) is 0 Å². The van der Waals surface area contributed by atoms with E-state index in [1.165, 1.54) is 0 Å². The van der Waals surface area contributed by atoms with Crippen LogP contribution in [0.1, 0.15) is 31.9 Å². The number of hydrogen-bond acceptors (Lipinski definition) is 4. The maximum absolute atomic E-state index is 12.2. The van der Waals surface area contributed by atoms with E-state index in [0.717, 1.165) is 11.1 Å². The van der Waals surface area contributed by atoms with E-state index < -0.39 is 10.0 Å². The molecule has 0 radical (unpaired) electrons. The number of hydrogen-bond donors (Lipinski definition) is 0. The van der Waals surface area contributed by atoms with E-state index in [2.05, 4.69) is 13.8 Å². The van der Waals surface area contributed by atoms with E-state index in [0.29, 0.717) is 24.6 Å². The monoisotopic (exact) mass is 313 g/mol. The number of ether oxygens (including phenoxy) is 2. The zero-order valence-electron chi connectivity index (χ0n) is 13.3. The van der Waals surface area contributed by atoms with Crippen LogP contribution in [0.4, 0.5) is 0 Å². The normalized spacial score (nSPS) is 18.1. The average Bonchev–Trinajstić information content (AvgIpc) is 2.45. The molecule has 1 aromatic carbocycles. The van der Waals surface area contributed by atoms with Crippen LogP contribution in [0.5, 0.6) is 11.5 Å². The zero-order valence-corrected chi connectivity index (χ0v) is 14.1. The highest BCUT2D eigenvalue weighted by Crippen LogP contribution is 2.40. The van der Waals surface area contributed by atoms with Gasteiger partial charge in [0.05, 0.1) is 20.0 Å². The molecule has 2 rings (SSSR count). The molecule has 6 heteroatoms. The molecule has 0 aromatic heterocycles. The van der Waals surface area contributed by atoms with Crippen molar-refractivity contribution in [2.45, 2.75) is 32.7 Å². The molecule has 1 aliphatic rings. The van der Waals surface area contributed by atoms with Gasteiger partial charge < -0.3 is 9.47 Å². The van der Waals surface area contributed by atoms with Crippen molar-refractivity contribution in [2.75, 3.05) is 26.5 Å². The van der Waals surface area contributed by atoms with E-state index in [9.17, 15) is 8.42 Å². The molecule has 1 aromatic rings. The van der Waals surface area contributed by atoms with Gasteiger partial charge in [-0.1, -0.05) is 13.8 Å². The van der Waals surface area contributed by atoms with Gasteiger partial charge in [-0.15, -0.1) is 0 Å². The van der Waals surface area contributed by atoms with Crippen LogP contribution in [0.25, 0.3) is 0 Å². The van der Waals surface area contributed by atoms with Crippen LogP contribution in [0.2, 0.25) is 0 Å². The maximum atomic E-state index is 12.2. The molecule has 21 heavy (non-hydrogen) atoms. The van der Waals surface area contributed by atoms with Crippen LogP contribution in [-0.2, 0) is 22.0 Å². The van der Waals surface area contributed by atoms with E-state index in [1.807, 2.05) is 12.1 Å². The van der Waals surface area contributed by atoms with Crippen LogP contribution in [-0.4, -0.2) is 39.2 Å². The van der Waals surface area contributed by atoms with Gasteiger partial charge in [0.15, 0.2) is 11.5 Å². The van der Waals surface area contributed by atoms with Crippen molar-refractivity contribution in [2.24, 2.45) is 0 Å². The second kappa shape index (κ2) is 5.50. The summed E-state index contributed by atoms with van der Waals surface area (Å²) >= 11 is 0. The first-order valence-corrected chi connectivity index (χ1v) is 8.59. The molecule has 0 atom stereocenters. The molecule has 1 heterocycles. The topological polar surface area (TPSA) is 55.8 Å². The number of benzene rings is 1. The molecule has 1 aliphatic heterocycles. The molecule has 5 nitrogen and oxygen atoms in total. The van der Waals surface area contributed by atoms with Gasteiger partial charge >= 0.3 is 0 Å². The Labute approximate surface area is 126 Å². The largest absolute Gasteiger partial charge is 0.493 e. The minimum atomic E-state index is -3.21. The molecule has 0 fully saturated rings. The SMILES string of the molecule is CCS(=O)(=O)N1Cc2cc(OC)c(OC)cc2C(C)(C)C1. The first-order chi connectivity index (χ1) is 9.75. The van der Waals surface area contributed by atoms with Gasteiger partial charge in [0.2, 0.25) is 10.0 Å². The lowest BCUT2D eigenvalue weighted by atomic mass is 9.79. The summed E-state index contributed by atoms with van der Waals surface area (Å²) in [5.74, 6) is 1.42. The summed E-state index contributed by atoms with van der Waals surface area (Å²) in [6.45, 7) is 6.64. The van der Waals surface area contributed by atoms with E-state index >= 15 is 0 Å². The van der Waals surface area contributed by atoms with Gasteiger partial charge in [-0.2, -0.15) is 4.31 Å². The third-order valence-corrected chi connectivity index (χ3v) is 5.79. The highest BCUT2D eigenvalue weighted by atomic mass is 32.2. The Morgan fingerprint density at radius 2 is 1.76 bits per heavy atom. The fourth-order valence-electron chi connectivity index (χ4n) is 2.83. The fraction of sp³-hybridized carbons (Fsp3) is 0.600. The quantitative estimate of drug-likeness (QED) is 0.854. The number of methoxy groups -OCH3 is 2. The summed E-state index contributed by atoms with van der Waals surface area (Å²) in [5, 5.41) is 0. The number of sulfonamides is 1. The third kappa shape index (κ3) is 2.87. The van der Waals surface area contributed by atoms with Gasteiger partial charge in [-0.3, -0.25) is 0 Å². The second-order valence-electron chi connectivity index (χ2n) is 5.92. The Morgan fingerprint density at radius 3 is 2.29 bits per heavy atom. The summed E-state index contributed by atoms with van der Waals surface area (Å²) in [6.07, 6.45) is 0. The van der Waals surface area contributed by atoms with Crippen LogP contribution < -0.4 is 9.47 Å². The molecular formula is C15H23NO4S. The van der Waals surface area contributed by atoms with Crippen molar-refractivity contribution in [1.82, 2.24) is 4.31 Å². The van der Waals surface area contributed by atoms with Gasteiger partial charge in [0, 0.05) is 18.5 Å². The Kier molecular flexibility index (Phi) is 4.22. The predicted molar refractivity (Wildman–Crippen MR) is 82.4 cm³/mol. The van der Waals surface area contributed by atoms with E-state index in [4.69, 9.17) is 9.47 Å². The van der Waals surface area contributed by atoms with E-state index in [-0.39, 0.29) is 11.2 Å². The molecule has 0 unspecified atom stereocenters. The first kappa shape index (κ1) is 16.1. The van der Waals surface area contributed by atoms with Crippen molar-refractivity contribution in [3.63, 3.8) is 0 Å². The van der Waals surface area contributed by atoms with Crippen molar-refractivity contribution < 1.29 is 17.9 Å².